The van der Waals surface area contributed by atoms with E-state index < -0.39 is 12.1 Å². The van der Waals surface area contributed by atoms with Crippen LogP contribution >= 0.6 is 23.2 Å². The summed E-state index contributed by atoms with van der Waals surface area (Å²) in [6.07, 6.45) is 0.547. The van der Waals surface area contributed by atoms with Crippen LogP contribution in [0, 0.1) is 0 Å². The van der Waals surface area contributed by atoms with Gasteiger partial charge in [0.1, 0.15) is 29.6 Å². The number of methoxy groups -OCH3 is 1. The summed E-state index contributed by atoms with van der Waals surface area (Å²) in [5, 5.41) is 1.22. The molecule has 3 aliphatic rings. The van der Waals surface area contributed by atoms with Crippen molar-refractivity contribution in [1.82, 2.24) is 19.6 Å². The van der Waals surface area contributed by atoms with Crippen molar-refractivity contribution in [2.75, 3.05) is 53.0 Å². The Balaban J connectivity index is 1.40. The van der Waals surface area contributed by atoms with Gasteiger partial charge in [-0.25, -0.2) is 4.79 Å². The minimum Gasteiger partial charge on any atom is -0.497 e. The molecule has 10 nitrogen and oxygen atoms in total. The molecule has 0 bridgehead atoms. The van der Waals surface area contributed by atoms with E-state index in [1.54, 1.807) is 16.9 Å². The Hall–Kier alpha value is -3.83. The molecule has 12 heteroatoms. The van der Waals surface area contributed by atoms with Crippen molar-refractivity contribution in [3.05, 3.63) is 93.5 Å². The van der Waals surface area contributed by atoms with E-state index in [0.717, 1.165) is 17.5 Å². The van der Waals surface area contributed by atoms with Crippen molar-refractivity contribution in [1.29, 1.82) is 0 Å². The lowest BCUT2D eigenvalue weighted by Crippen LogP contribution is -2.59. The molecule has 6 rings (SSSR count). The molecule has 0 N–H and O–H groups in total. The summed E-state index contributed by atoms with van der Waals surface area (Å²) in [6.45, 7) is 7.70. The number of amidine groups is 1. The Bertz CT molecular complexity index is 1590. The van der Waals surface area contributed by atoms with Crippen molar-refractivity contribution in [3.8, 4) is 11.5 Å². The third-order valence-electron chi connectivity index (χ3n) is 8.71. The number of carbonyl (C=O) groups excluding carboxylic acids is 2. The number of rotatable bonds is 8. The van der Waals surface area contributed by atoms with Crippen LogP contribution in [0.15, 0.2) is 71.7 Å². The summed E-state index contributed by atoms with van der Waals surface area (Å²) in [4.78, 5) is 39.2. The number of aliphatic imine (C=N–C) groups is 1. The van der Waals surface area contributed by atoms with Gasteiger partial charge < -0.3 is 24.0 Å². The summed E-state index contributed by atoms with van der Waals surface area (Å²) in [5.74, 6) is 1.72. The molecule has 2 fully saturated rings. The zero-order valence-corrected chi connectivity index (χ0v) is 28.2. The minimum absolute atomic E-state index is 0.128. The average Bonchev–Trinajstić information content (AvgIpc) is 3.48. The molecule has 47 heavy (non-hydrogen) atoms. The highest BCUT2D eigenvalue weighted by molar-refractivity contribution is 6.30. The fraction of sp³-hybridized carbons (Fsp3) is 0.400. The van der Waals surface area contributed by atoms with Crippen LogP contribution in [0.3, 0.4) is 0 Å². The number of nitrogens with zero attached hydrogens (tertiary/aromatic N) is 5. The van der Waals surface area contributed by atoms with Crippen LogP contribution in [-0.2, 0) is 9.53 Å². The number of ether oxygens (including phenoxy) is 3. The summed E-state index contributed by atoms with van der Waals surface area (Å²) in [6, 6.07) is 19.7. The van der Waals surface area contributed by atoms with Crippen LogP contribution in [-0.4, -0.2) is 103 Å². The second kappa shape index (κ2) is 14.5. The highest BCUT2D eigenvalue weighted by Crippen LogP contribution is 2.46. The highest BCUT2D eigenvalue weighted by atomic mass is 35.5. The van der Waals surface area contributed by atoms with Crippen molar-refractivity contribution in [3.63, 3.8) is 0 Å². The van der Waals surface area contributed by atoms with E-state index in [0.29, 0.717) is 78.8 Å². The van der Waals surface area contributed by atoms with Crippen LogP contribution in [0.2, 0.25) is 10.0 Å². The Morgan fingerprint density at radius 1 is 0.936 bits per heavy atom. The molecule has 0 spiro atoms. The molecule has 248 valence electrons. The monoisotopic (exact) mass is 679 g/mol. The Kier molecular flexibility index (Phi) is 10.2. The van der Waals surface area contributed by atoms with E-state index in [-0.39, 0.29) is 18.4 Å². The molecule has 1 unspecified atom stereocenters. The molecule has 3 heterocycles. The third-order valence-corrected chi connectivity index (χ3v) is 9.21. The molecule has 3 aromatic carbocycles. The van der Waals surface area contributed by atoms with Crippen LogP contribution in [0.25, 0.3) is 0 Å². The number of urea groups is 1. The first kappa shape index (κ1) is 33.1. The quantitative estimate of drug-likeness (QED) is 0.276. The topological polar surface area (TPSA) is 87.2 Å². The maximum Gasteiger partial charge on any atom is 0.326 e. The molecule has 0 aliphatic carbocycles. The van der Waals surface area contributed by atoms with Crippen LogP contribution in [0.1, 0.15) is 42.6 Å². The van der Waals surface area contributed by atoms with E-state index in [2.05, 4.69) is 4.90 Å². The molecule has 3 amide bonds. The van der Waals surface area contributed by atoms with E-state index in [1.165, 1.54) is 0 Å². The standard InChI is InChI=1S/C35H39Cl2N5O5/c1-23(2)47-30-20-28(45-3)12-13-29(30)34-38-32(24-4-8-26(36)9-5-24)33(25-6-10-27(37)11-7-25)42(34)35(44)41-16-14-40(15-17-41)31-21-39(22-43)18-19-46-31/h4-13,20,22-23,31-33H,14-19,21H2,1-3H3/t31?,32-,33+/m0/s1. The normalized spacial score (nSPS) is 22.0. The number of piperazine rings is 1. The second-order valence-electron chi connectivity index (χ2n) is 12.1. The van der Waals surface area contributed by atoms with Crippen molar-refractivity contribution >= 4 is 41.5 Å². The second-order valence-corrected chi connectivity index (χ2v) is 12.9. The molecule has 3 aromatic rings. The first-order valence-corrected chi connectivity index (χ1v) is 16.6. The maximum atomic E-state index is 14.9. The molecular formula is C35H39Cl2N5O5. The number of benzene rings is 3. The summed E-state index contributed by atoms with van der Waals surface area (Å²) in [5.41, 5.74) is 2.50. The number of carbonyl (C=O) groups is 2. The number of hydrogen-bond donors (Lipinski definition) is 0. The van der Waals surface area contributed by atoms with Gasteiger partial charge in [0.25, 0.3) is 0 Å². The SMILES string of the molecule is COc1ccc(C2=N[C@@H](c3ccc(Cl)cc3)[C@@H](c3ccc(Cl)cc3)N2C(=O)N2CCN(C3CN(C=O)CCO3)CC2)c(OC(C)C)c1. The van der Waals surface area contributed by atoms with Gasteiger partial charge in [0.15, 0.2) is 0 Å². The van der Waals surface area contributed by atoms with Gasteiger partial charge in [-0.05, 0) is 61.4 Å². The van der Waals surface area contributed by atoms with Crippen LogP contribution < -0.4 is 9.47 Å². The van der Waals surface area contributed by atoms with E-state index in [9.17, 15) is 9.59 Å². The van der Waals surface area contributed by atoms with Crippen molar-refractivity contribution in [2.45, 2.75) is 38.3 Å². The van der Waals surface area contributed by atoms with Crippen LogP contribution in [0.5, 0.6) is 11.5 Å². The summed E-state index contributed by atoms with van der Waals surface area (Å²) >= 11 is 12.6. The number of halogens is 2. The summed E-state index contributed by atoms with van der Waals surface area (Å²) < 4.78 is 17.8. The zero-order chi connectivity index (χ0) is 33.1. The Morgan fingerprint density at radius 3 is 2.21 bits per heavy atom. The lowest BCUT2D eigenvalue weighted by atomic mass is 9.93. The largest absolute Gasteiger partial charge is 0.497 e. The van der Waals surface area contributed by atoms with Gasteiger partial charge >= 0.3 is 6.03 Å². The Morgan fingerprint density at radius 2 is 1.60 bits per heavy atom. The van der Waals surface area contributed by atoms with E-state index >= 15 is 0 Å². The molecule has 2 saturated heterocycles. The Labute approximate surface area is 285 Å². The molecule has 0 aromatic heterocycles. The average molecular weight is 681 g/mol. The molecular weight excluding hydrogens is 641 g/mol. The molecule has 3 atom stereocenters. The van der Waals surface area contributed by atoms with E-state index in [4.69, 9.17) is 42.4 Å². The molecule has 0 radical (unpaired) electrons. The minimum atomic E-state index is -0.481. The lowest BCUT2D eigenvalue weighted by Gasteiger charge is -2.43. The van der Waals surface area contributed by atoms with Gasteiger partial charge in [-0.1, -0.05) is 47.5 Å². The van der Waals surface area contributed by atoms with Gasteiger partial charge in [0.2, 0.25) is 6.41 Å². The first-order valence-electron chi connectivity index (χ1n) is 15.8. The number of morpholine rings is 1. The molecule has 0 saturated carbocycles. The fourth-order valence-corrected chi connectivity index (χ4v) is 6.59. The smallest absolute Gasteiger partial charge is 0.326 e. The highest BCUT2D eigenvalue weighted by Gasteiger charge is 2.45. The number of hydrogen-bond acceptors (Lipinski definition) is 7. The predicted molar refractivity (Wildman–Crippen MR) is 181 cm³/mol. The number of amides is 3. The predicted octanol–water partition coefficient (Wildman–Crippen LogP) is 5.89. The van der Waals surface area contributed by atoms with Gasteiger partial charge in [0.05, 0.1) is 38.0 Å². The lowest BCUT2D eigenvalue weighted by molar-refractivity contribution is -0.141. The van der Waals surface area contributed by atoms with Gasteiger partial charge in [-0.15, -0.1) is 0 Å². The van der Waals surface area contributed by atoms with Crippen LogP contribution in [0.4, 0.5) is 4.79 Å². The zero-order valence-electron chi connectivity index (χ0n) is 26.7. The fourth-order valence-electron chi connectivity index (χ4n) is 6.34. The van der Waals surface area contributed by atoms with Crippen molar-refractivity contribution < 1.29 is 23.8 Å². The maximum absolute atomic E-state index is 14.9. The molecule has 3 aliphatic heterocycles. The first-order chi connectivity index (χ1) is 22.7. The van der Waals surface area contributed by atoms with Gasteiger partial charge in [0, 0.05) is 48.8 Å². The van der Waals surface area contributed by atoms with Gasteiger partial charge in [-0.2, -0.15) is 0 Å². The summed E-state index contributed by atoms with van der Waals surface area (Å²) in [7, 11) is 1.61. The van der Waals surface area contributed by atoms with E-state index in [1.807, 2.05) is 85.5 Å². The van der Waals surface area contributed by atoms with Gasteiger partial charge in [-0.3, -0.25) is 19.6 Å². The third kappa shape index (κ3) is 7.21. The van der Waals surface area contributed by atoms with Crippen molar-refractivity contribution in [2.24, 2.45) is 4.99 Å².